The molecule has 0 saturated carbocycles. The molecule has 0 radical (unpaired) electrons. The highest BCUT2D eigenvalue weighted by atomic mass is 35.5. The number of aliphatic hydroxyl groups excluding tert-OH is 1. The Morgan fingerprint density at radius 1 is 1.43 bits per heavy atom. The van der Waals surface area contributed by atoms with E-state index in [-0.39, 0.29) is 6.04 Å². The molecule has 0 spiro atoms. The fraction of sp³-hybridized carbons (Fsp3) is 0.455. The first kappa shape index (κ1) is 9.97. The van der Waals surface area contributed by atoms with Gasteiger partial charge in [-0.3, -0.25) is 0 Å². The summed E-state index contributed by atoms with van der Waals surface area (Å²) < 4.78 is 0. The van der Waals surface area contributed by atoms with Gasteiger partial charge in [-0.05, 0) is 30.0 Å². The third-order valence-corrected chi connectivity index (χ3v) is 3.22. The van der Waals surface area contributed by atoms with Crippen LogP contribution in [-0.2, 0) is 12.8 Å². The molecule has 0 saturated heterocycles. The van der Waals surface area contributed by atoms with E-state index >= 15 is 0 Å². The van der Waals surface area contributed by atoms with Gasteiger partial charge in [0.05, 0.1) is 6.10 Å². The number of hydrogen-bond donors (Lipinski definition) is 2. The zero-order chi connectivity index (χ0) is 10.1. The highest BCUT2D eigenvalue weighted by molar-refractivity contribution is 6.31. The van der Waals surface area contributed by atoms with Crippen molar-refractivity contribution in [2.75, 3.05) is 0 Å². The van der Waals surface area contributed by atoms with E-state index in [4.69, 9.17) is 17.3 Å². The maximum atomic E-state index is 9.75. The lowest BCUT2D eigenvalue weighted by Gasteiger charge is -2.14. The summed E-state index contributed by atoms with van der Waals surface area (Å²) in [5, 5.41) is 10.5. The Bertz CT molecular complexity index is 340. The van der Waals surface area contributed by atoms with Gasteiger partial charge in [-0.15, -0.1) is 0 Å². The summed E-state index contributed by atoms with van der Waals surface area (Å²) in [6.07, 6.45) is 1.86. The SMILES string of the molecule is NC1CCc2cccc(Cl)c2CC1O. The molecule has 3 heteroatoms. The summed E-state index contributed by atoms with van der Waals surface area (Å²) in [4.78, 5) is 0. The van der Waals surface area contributed by atoms with Crippen LogP contribution in [0.3, 0.4) is 0 Å². The topological polar surface area (TPSA) is 46.2 Å². The van der Waals surface area contributed by atoms with Crippen molar-refractivity contribution < 1.29 is 5.11 Å². The van der Waals surface area contributed by atoms with Crippen molar-refractivity contribution in [3.63, 3.8) is 0 Å². The normalized spacial score (nSPS) is 26.8. The van der Waals surface area contributed by atoms with Gasteiger partial charge in [-0.1, -0.05) is 23.7 Å². The summed E-state index contributed by atoms with van der Waals surface area (Å²) >= 11 is 6.08. The molecule has 76 valence electrons. The van der Waals surface area contributed by atoms with Crippen LogP contribution >= 0.6 is 11.6 Å². The minimum atomic E-state index is -0.462. The van der Waals surface area contributed by atoms with Crippen molar-refractivity contribution in [2.24, 2.45) is 5.73 Å². The van der Waals surface area contributed by atoms with Gasteiger partial charge < -0.3 is 10.8 Å². The van der Waals surface area contributed by atoms with Crippen LogP contribution in [0, 0.1) is 0 Å². The summed E-state index contributed by atoms with van der Waals surface area (Å²) in [7, 11) is 0. The minimum Gasteiger partial charge on any atom is -0.391 e. The van der Waals surface area contributed by atoms with Crippen molar-refractivity contribution in [3.8, 4) is 0 Å². The fourth-order valence-corrected chi connectivity index (χ4v) is 2.21. The van der Waals surface area contributed by atoms with E-state index in [2.05, 4.69) is 6.07 Å². The fourth-order valence-electron chi connectivity index (χ4n) is 1.94. The standard InChI is InChI=1S/C11H14ClNO/c12-9-3-1-2-7-4-5-10(13)11(14)6-8(7)9/h1-3,10-11,14H,4-6,13H2. The quantitative estimate of drug-likeness (QED) is 0.640. The lowest BCUT2D eigenvalue weighted by atomic mass is 10.0. The van der Waals surface area contributed by atoms with E-state index in [0.717, 1.165) is 23.4 Å². The highest BCUT2D eigenvalue weighted by Crippen LogP contribution is 2.26. The van der Waals surface area contributed by atoms with E-state index < -0.39 is 6.10 Å². The van der Waals surface area contributed by atoms with Crippen LogP contribution in [0.4, 0.5) is 0 Å². The maximum Gasteiger partial charge on any atom is 0.0732 e. The molecule has 0 aromatic heterocycles. The maximum absolute atomic E-state index is 9.75. The molecule has 2 unspecified atom stereocenters. The van der Waals surface area contributed by atoms with Crippen molar-refractivity contribution in [3.05, 3.63) is 34.3 Å². The van der Waals surface area contributed by atoms with Crippen LogP contribution in [-0.4, -0.2) is 17.3 Å². The molecule has 0 heterocycles. The number of hydrogen-bond acceptors (Lipinski definition) is 2. The summed E-state index contributed by atoms with van der Waals surface area (Å²) in [6, 6.07) is 5.75. The van der Waals surface area contributed by atoms with Crippen LogP contribution in [0.5, 0.6) is 0 Å². The molecule has 1 aliphatic carbocycles. The van der Waals surface area contributed by atoms with Crippen molar-refractivity contribution in [1.82, 2.24) is 0 Å². The molecule has 0 fully saturated rings. The molecule has 0 aliphatic heterocycles. The van der Waals surface area contributed by atoms with Crippen molar-refractivity contribution >= 4 is 11.6 Å². The highest BCUT2D eigenvalue weighted by Gasteiger charge is 2.22. The lowest BCUT2D eigenvalue weighted by Crippen LogP contribution is -2.35. The van der Waals surface area contributed by atoms with Crippen LogP contribution in [0.25, 0.3) is 0 Å². The van der Waals surface area contributed by atoms with Gasteiger partial charge in [-0.2, -0.15) is 0 Å². The first-order chi connectivity index (χ1) is 6.68. The van der Waals surface area contributed by atoms with Crippen LogP contribution in [0.15, 0.2) is 18.2 Å². The number of nitrogens with two attached hydrogens (primary N) is 1. The summed E-state index contributed by atoms with van der Waals surface area (Å²) in [5.74, 6) is 0. The predicted molar refractivity (Wildman–Crippen MR) is 57.5 cm³/mol. The van der Waals surface area contributed by atoms with Gasteiger partial charge in [-0.25, -0.2) is 0 Å². The first-order valence-corrected chi connectivity index (χ1v) is 5.26. The van der Waals surface area contributed by atoms with Crippen LogP contribution in [0.2, 0.25) is 5.02 Å². The third-order valence-electron chi connectivity index (χ3n) is 2.87. The number of aliphatic hydroxyl groups is 1. The average molecular weight is 212 g/mol. The van der Waals surface area contributed by atoms with E-state index in [9.17, 15) is 5.11 Å². The molecule has 1 aliphatic rings. The summed E-state index contributed by atoms with van der Waals surface area (Å²) in [5.41, 5.74) is 8.11. The molecule has 0 amide bonds. The van der Waals surface area contributed by atoms with E-state index in [1.807, 2.05) is 12.1 Å². The second-order valence-corrected chi connectivity index (χ2v) is 4.26. The molecule has 2 atom stereocenters. The van der Waals surface area contributed by atoms with E-state index in [0.29, 0.717) is 6.42 Å². The molecule has 1 aromatic carbocycles. The second kappa shape index (κ2) is 3.89. The third kappa shape index (κ3) is 1.78. The second-order valence-electron chi connectivity index (χ2n) is 3.85. The van der Waals surface area contributed by atoms with Gasteiger partial charge in [0.1, 0.15) is 0 Å². The summed E-state index contributed by atoms with van der Waals surface area (Å²) in [6.45, 7) is 0. The molecule has 14 heavy (non-hydrogen) atoms. The first-order valence-electron chi connectivity index (χ1n) is 4.88. The zero-order valence-corrected chi connectivity index (χ0v) is 8.67. The number of aryl methyl sites for hydroxylation is 1. The Balaban J connectivity index is 2.38. The van der Waals surface area contributed by atoms with Gasteiger partial charge >= 0.3 is 0 Å². The smallest absolute Gasteiger partial charge is 0.0732 e. The molecular weight excluding hydrogens is 198 g/mol. The van der Waals surface area contributed by atoms with Gasteiger partial charge in [0.15, 0.2) is 0 Å². The average Bonchev–Trinajstić information content (AvgIpc) is 2.30. The number of rotatable bonds is 0. The van der Waals surface area contributed by atoms with Crippen molar-refractivity contribution in [1.29, 1.82) is 0 Å². The Morgan fingerprint density at radius 3 is 3.00 bits per heavy atom. The van der Waals surface area contributed by atoms with E-state index in [1.54, 1.807) is 0 Å². The zero-order valence-electron chi connectivity index (χ0n) is 7.91. The Kier molecular flexibility index (Phi) is 2.77. The molecular formula is C11H14ClNO. The Labute approximate surface area is 88.7 Å². The lowest BCUT2D eigenvalue weighted by molar-refractivity contribution is 0.144. The van der Waals surface area contributed by atoms with Gasteiger partial charge in [0.2, 0.25) is 0 Å². The number of halogens is 1. The Morgan fingerprint density at radius 2 is 2.21 bits per heavy atom. The van der Waals surface area contributed by atoms with Gasteiger partial charge in [0, 0.05) is 17.5 Å². The van der Waals surface area contributed by atoms with Crippen LogP contribution in [0.1, 0.15) is 17.5 Å². The molecule has 1 aromatic rings. The van der Waals surface area contributed by atoms with Crippen molar-refractivity contribution in [2.45, 2.75) is 31.4 Å². The Hall–Kier alpha value is -0.570. The predicted octanol–water partition coefficient (Wildman–Crippen LogP) is 1.52. The monoisotopic (exact) mass is 211 g/mol. The molecule has 3 N–H and O–H groups in total. The van der Waals surface area contributed by atoms with Crippen LogP contribution < -0.4 is 5.73 Å². The number of benzene rings is 1. The molecule has 2 nitrogen and oxygen atoms in total. The number of fused-ring (bicyclic) bond motifs is 1. The molecule has 2 rings (SSSR count). The largest absolute Gasteiger partial charge is 0.391 e. The van der Waals surface area contributed by atoms with Gasteiger partial charge in [0.25, 0.3) is 0 Å². The minimum absolute atomic E-state index is 0.126. The molecule has 0 bridgehead atoms. The van der Waals surface area contributed by atoms with E-state index in [1.165, 1.54) is 5.56 Å².